The van der Waals surface area contributed by atoms with Gasteiger partial charge in [-0.1, -0.05) is 77.5 Å². The molecule has 35 heavy (non-hydrogen) atoms. The summed E-state index contributed by atoms with van der Waals surface area (Å²) < 4.78 is 0. The summed E-state index contributed by atoms with van der Waals surface area (Å²) in [6, 6.07) is 3.49. The number of pyridine rings is 1. The highest BCUT2D eigenvalue weighted by Gasteiger charge is 2.22. The summed E-state index contributed by atoms with van der Waals surface area (Å²) in [4.78, 5) is 29.5. The molecule has 2 rings (SSSR count). The Morgan fingerprint density at radius 3 is 2.60 bits per heavy atom. The van der Waals surface area contributed by atoms with Gasteiger partial charge in [0.25, 0.3) is 0 Å². The van der Waals surface area contributed by atoms with E-state index in [9.17, 15) is 9.59 Å². The monoisotopic (exact) mass is 484 g/mol. The normalized spacial score (nSPS) is 17.4. The van der Waals surface area contributed by atoms with Crippen molar-refractivity contribution in [2.24, 2.45) is 23.5 Å². The molecule has 1 aromatic heterocycles. The lowest BCUT2D eigenvalue weighted by molar-refractivity contribution is -0.123. The molecule has 1 aliphatic carbocycles. The summed E-state index contributed by atoms with van der Waals surface area (Å²) in [6.07, 6.45) is 19.6. The molecule has 0 saturated heterocycles. The van der Waals surface area contributed by atoms with Gasteiger partial charge >= 0.3 is 0 Å². The molecule has 1 saturated carbocycles. The lowest BCUT2D eigenvalue weighted by Gasteiger charge is -2.24. The number of rotatable bonds is 16. The number of amides is 2. The fourth-order valence-corrected chi connectivity index (χ4v) is 5.03. The van der Waals surface area contributed by atoms with Gasteiger partial charge in [-0.15, -0.1) is 0 Å². The fraction of sp³-hybridized carbons (Fsp3) is 0.690. The van der Waals surface area contributed by atoms with Gasteiger partial charge in [-0.3, -0.25) is 14.6 Å². The Morgan fingerprint density at radius 1 is 1.20 bits per heavy atom. The molecular weight excluding hydrogens is 436 g/mol. The minimum absolute atomic E-state index is 0.00546. The van der Waals surface area contributed by atoms with Crippen molar-refractivity contribution in [3.63, 3.8) is 0 Å². The number of carbonyl (C=O) groups excluding carboxylic acids is 2. The molecule has 4 N–H and O–H groups in total. The van der Waals surface area contributed by atoms with E-state index in [1.54, 1.807) is 6.20 Å². The van der Waals surface area contributed by atoms with Crippen LogP contribution in [0.3, 0.4) is 0 Å². The molecule has 0 spiro atoms. The summed E-state index contributed by atoms with van der Waals surface area (Å²) in [6.45, 7) is 7.10. The van der Waals surface area contributed by atoms with Gasteiger partial charge in [-0.2, -0.15) is 0 Å². The van der Waals surface area contributed by atoms with Crippen LogP contribution in [0.2, 0.25) is 0 Å². The maximum Gasteiger partial charge on any atom is 0.237 e. The molecule has 0 aliphatic heterocycles. The predicted octanol–water partition coefficient (Wildman–Crippen LogP) is 4.93. The molecule has 3 atom stereocenters. The van der Waals surface area contributed by atoms with E-state index in [1.807, 2.05) is 30.5 Å². The zero-order chi connectivity index (χ0) is 25.5. The van der Waals surface area contributed by atoms with Crippen LogP contribution in [0.1, 0.15) is 90.5 Å². The number of hydrogen-bond donors (Lipinski definition) is 3. The molecule has 0 bridgehead atoms. The molecule has 1 fully saturated rings. The van der Waals surface area contributed by atoms with Gasteiger partial charge < -0.3 is 16.4 Å². The Kier molecular flexibility index (Phi) is 13.6. The van der Waals surface area contributed by atoms with E-state index in [1.165, 1.54) is 38.5 Å². The van der Waals surface area contributed by atoms with Gasteiger partial charge in [0, 0.05) is 18.4 Å². The lowest BCUT2D eigenvalue weighted by Crippen LogP contribution is -2.48. The first-order valence-electron chi connectivity index (χ1n) is 13.8. The summed E-state index contributed by atoms with van der Waals surface area (Å²) in [5.41, 5.74) is 6.65. The standard InChI is InChI=1S/C29H48N4O2/c1-4-10-26(16-15-25(28(30)34)19-22(2)3)33-29(35)27(20-24-14-8-17-31-21-24)32-18-9-13-23-11-6-5-7-12-23/h8,14-17,21-23,25-27,32H,4-7,9-13,18-20H2,1-3H3,(H2,30,34)(H,33,35)/b16-15+/t25-,26-,27-/m0/s1. The number of hydrogen-bond acceptors (Lipinski definition) is 4. The third-order valence-corrected chi connectivity index (χ3v) is 6.98. The maximum absolute atomic E-state index is 13.4. The van der Waals surface area contributed by atoms with Gasteiger partial charge in [-0.25, -0.2) is 0 Å². The number of nitrogens with zero attached hydrogens (tertiary/aromatic N) is 1. The number of nitrogens with one attached hydrogen (secondary N) is 2. The quantitative estimate of drug-likeness (QED) is 0.229. The topological polar surface area (TPSA) is 97.1 Å². The van der Waals surface area contributed by atoms with Crippen molar-refractivity contribution in [1.29, 1.82) is 0 Å². The van der Waals surface area contributed by atoms with E-state index in [-0.39, 0.29) is 29.8 Å². The fourth-order valence-electron chi connectivity index (χ4n) is 5.03. The molecule has 2 amide bonds. The molecule has 6 heteroatoms. The number of aromatic nitrogens is 1. The molecule has 0 radical (unpaired) electrons. The van der Waals surface area contributed by atoms with E-state index in [0.717, 1.165) is 37.3 Å². The minimum atomic E-state index is -0.319. The van der Waals surface area contributed by atoms with Gasteiger partial charge in [0.05, 0.1) is 12.0 Å². The zero-order valence-corrected chi connectivity index (χ0v) is 22.2. The third-order valence-electron chi connectivity index (χ3n) is 6.98. The van der Waals surface area contributed by atoms with Crippen molar-refractivity contribution >= 4 is 11.8 Å². The van der Waals surface area contributed by atoms with Crippen LogP contribution in [-0.4, -0.2) is 35.4 Å². The van der Waals surface area contributed by atoms with E-state index in [2.05, 4.69) is 36.4 Å². The predicted molar refractivity (Wildman–Crippen MR) is 144 cm³/mol. The minimum Gasteiger partial charge on any atom is -0.369 e. The smallest absolute Gasteiger partial charge is 0.237 e. The first kappa shape index (κ1) is 29.0. The first-order chi connectivity index (χ1) is 16.9. The van der Waals surface area contributed by atoms with Gasteiger partial charge in [0.2, 0.25) is 11.8 Å². The lowest BCUT2D eigenvalue weighted by atomic mass is 9.86. The number of carbonyl (C=O) groups is 2. The number of nitrogens with two attached hydrogens (primary N) is 1. The zero-order valence-electron chi connectivity index (χ0n) is 22.2. The number of primary amides is 1. The molecule has 1 aromatic rings. The maximum atomic E-state index is 13.4. The molecule has 6 nitrogen and oxygen atoms in total. The van der Waals surface area contributed by atoms with Crippen LogP contribution in [0, 0.1) is 17.8 Å². The Balaban J connectivity index is 1.99. The average molecular weight is 485 g/mol. The van der Waals surface area contributed by atoms with Crippen LogP contribution >= 0.6 is 0 Å². The van der Waals surface area contributed by atoms with Crippen LogP contribution in [-0.2, 0) is 16.0 Å². The highest BCUT2D eigenvalue weighted by molar-refractivity contribution is 5.82. The molecular formula is C29H48N4O2. The molecule has 0 unspecified atom stereocenters. The van der Waals surface area contributed by atoms with Crippen LogP contribution < -0.4 is 16.4 Å². The van der Waals surface area contributed by atoms with Crippen molar-refractivity contribution < 1.29 is 9.59 Å². The van der Waals surface area contributed by atoms with Crippen molar-refractivity contribution in [2.45, 2.75) is 103 Å². The Bertz CT molecular complexity index is 759. The van der Waals surface area contributed by atoms with Crippen molar-refractivity contribution in [1.82, 2.24) is 15.6 Å². The largest absolute Gasteiger partial charge is 0.369 e. The third kappa shape index (κ3) is 11.9. The summed E-state index contributed by atoms with van der Waals surface area (Å²) in [5, 5.41) is 6.74. The highest BCUT2D eigenvalue weighted by atomic mass is 16.2. The molecule has 1 aliphatic rings. The van der Waals surface area contributed by atoms with Gasteiger partial charge in [-0.05, 0) is 62.1 Å². The second-order valence-electron chi connectivity index (χ2n) is 10.6. The van der Waals surface area contributed by atoms with Crippen molar-refractivity contribution in [3.8, 4) is 0 Å². The summed E-state index contributed by atoms with van der Waals surface area (Å²) >= 11 is 0. The van der Waals surface area contributed by atoms with Crippen molar-refractivity contribution in [2.75, 3.05) is 6.54 Å². The first-order valence-corrected chi connectivity index (χ1v) is 13.8. The Hall–Kier alpha value is -2.21. The molecule has 0 aromatic carbocycles. The van der Waals surface area contributed by atoms with Gasteiger partial charge in [0.1, 0.15) is 0 Å². The van der Waals surface area contributed by atoms with Crippen LogP contribution in [0.4, 0.5) is 0 Å². The van der Waals surface area contributed by atoms with Gasteiger partial charge in [0.15, 0.2) is 0 Å². The highest BCUT2D eigenvalue weighted by Crippen LogP contribution is 2.27. The second-order valence-corrected chi connectivity index (χ2v) is 10.6. The summed E-state index contributed by atoms with van der Waals surface area (Å²) in [5.74, 6) is 0.590. The SMILES string of the molecule is CCC[C@@H](/C=C/[C@@H](CC(C)C)C(N)=O)NC(=O)[C@H](Cc1cccnc1)NCCCC1CCCCC1. The van der Waals surface area contributed by atoms with E-state index >= 15 is 0 Å². The second kappa shape index (κ2) is 16.5. The molecule has 196 valence electrons. The van der Waals surface area contributed by atoms with E-state index < -0.39 is 0 Å². The average Bonchev–Trinajstić information content (AvgIpc) is 2.84. The van der Waals surface area contributed by atoms with E-state index in [0.29, 0.717) is 18.8 Å². The van der Waals surface area contributed by atoms with Crippen LogP contribution in [0.15, 0.2) is 36.7 Å². The Morgan fingerprint density at radius 2 is 1.97 bits per heavy atom. The Labute approximate surface area is 212 Å². The summed E-state index contributed by atoms with van der Waals surface area (Å²) in [7, 11) is 0. The van der Waals surface area contributed by atoms with Crippen molar-refractivity contribution in [3.05, 3.63) is 42.2 Å². The van der Waals surface area contributed by atoms with E-state index in [4.69, 9.17) is 5.73 Å². The molecule has 1 heterocycles. The van der Waals surface area contributed by atoms with Crippen LogP contribution in [0.5, 0.6) is 0 Å². The van der Waals surface area contributed by atoms with Crippen LogP contribution in [0.25, 0.3) is 0 Å².